The number of benzene rings is 1. The molecule has 0 aromatic heterocycles. The molecule has 2 fully saturated rings. The minimum absolute atomic E-state index is 0.0862. The standard InChI is InChI=1S/C20H23ClN2O5S/c1-12(2)28-18-14(21)8-13(9-15(18)27-3)10-16-19(25)23(20(26)29-16)11-17(24)22-6-4-5-7-22/h8-10,12H,4-7,11H2,1-3H3/b16-10-. The highest BCUT2D eigenvalue weighted by atomic mass is 35.5. The minimum Gasteiger partial charge on any atom is -0.493 e. The Bertz CT molecular complexity index is 865. The number of halogens is 1. The molecule has 29 heavy (non-hydrogen) atoms. The topological polar surface area (TPSA) is 76.2 Å². The molecule has 0 N–H and O–H groups in total. The van der Waals surface area contributed by atoms with Gasteiger partial charge >= 0.3 is 0 Å². The van der Waals surface area contributed by atoms with Crippen LogP contribution >= 0.6 is 23.4 Å². The predicted octanol–water partition coefficient (Wildman–Crippen LogP) is 3.79. The third-order valence-electron chi connectivity index (χ3n) is 4.53. The molecule has 7 nitrogen and oxygen atoms in total. The van der Waals surface area contributed by atoms with Crippen molar-refractivity contribution in [1.82, 2.24) is 9.80 Å². The van der Waals surface area contributed by atoms with Crippen LogP contribution in [-0.4, -0.2) is 59.7 Å². The van der Waals surface area contributed by atoms with E-state index in [1.165, 1.54) is 7.11 Å². The monoisotopic (exact) mass is 438 g/mol. The summed E-state index contributed by atoms with van der Waals surface area (Å²) in [4.78, 5) is 40.2. The van der Waals surface area contributed by atoms with Crippen LogP contribution in [0.2, 0.25) is 5.02 Å². The molecule has 2 saturated heterocycles. The molecule has 156 valence electrons. The van der Waals surface area contributed by atoms with Crippen molar-refractivity contribution >= 4 is 46.5 Å². The lowest BCUT2D eigenvalue weighted by Gasteiger charge is -2.18. The van der Waals surface area contributed by atoms with Crippen LogP contribution in [0.3, 0.4) is 0 Å². The molecule has 0 bridgehead atoms. The van der Waals surface area contributed by atoms with Crippen LogP contribution in [0.5, 0.6) is 11.5 Å². The number of nitrogens with zero attached hydrogens (tertiary/aromatic N) is 2. The van der Waals surface area contributed by atoms with E-state index in [1.807, 2.05) is 13.8 Å². The zero-order valence-electron chi connectivity index (χ0n) is 16.6. The van der Waals surface area contributed by atoms with Gasteiger partial charge in [-0.25, -0.2) is 0 Å². The number of thioether (sulfide) groups is 1. The van der Waals surface area contributed by atoms with Gasteiger partial charge in [-0.1, -0.05) is 11.6 Å². The SMILES string of the molecule is COc1cc(/C=C2\SC(=O)N(CC(=O)N3CCCC3)C2=O)cc(Cl)c1OC(C)C. The number of hydrogen-bond acceptors (Lipinski definition) is 6. The lowest BCUT2D eigenvalue weighted by atomic mass is 10.1. The van der Waals surface area contributed by atoms with Crippen molar-refractivity contribution in [3.8, 4) is 11.5 Å². The molecule has 3 amide bonds. The Morgan fingerprint density at radius 3 is 2.59 bits per heavy atom. The van der Waals surface area contributed by atoms with Crippen LogP contribution < -0.4 is 9.47 Å². The van der Waals surface area contributed by atoms with Crippen molar-refractivity contribution < 1.29 is 23.9 Å². The highest BCUT2D eigenvalue weighted by molar-refractivity contribution is 8.18. The van der Waals surface area contributed by atoms with E-state index in [9.17, 15) is 14.4 Å². The smallest absolute Gasteiger partial charge is 0.294 e. The van der Waals surface area contributed by atoms with E-state index in [0.717, 1.165) is 29.5 Å². The van der Waals surface area contributed by atoms with Gasteiger partial charge in [-0.05, 0) is 62.2 Å². The van der Waals surface area contributed by atoms with E-state index < -0.39 is 11.1 Å². The maximum atomic E-state index is 12.7. The largest absolute Gasteiger partial charge is 0.493 e. The molecule has 0 radical (unpaired) electrons. The number of likely N-dealkylation sites (tertiary alicyclic amines) is 1. The Morgan fingerprint density at radius 1 is 1.28 bits per heavy atom. The average molecular weight is 439 g/mol. The van der Waals surface area contributed by atoms with Crippen molar-refractivity contribution in [2.45, 2.75) is 32.8 Å². The number of carbonyl (C=O) groups excluding carboxylic acids is 3. The van der Waals surface area contributed by atoms with E-state index in [0.29, 0.717) is 35.2 Å². The molecule has 2 aliphatic rings. The molecule has 0 unspecified atom stereocenters. The van der Waals surface area contributed by atoms with Crippen molar-refractivity contribution in [1.29, 1.82) is 0 Å². The summed E-state index contributed by atoms with van der Waals surface area (Å²) in [6.07, 6.45) is 3.38. The Morgan fingerprint density at radius 2 is 1.97 bits per heavy atom. The predicted molar refractivity (Wildman–Crippen MR) is 112 cm³/mol. The van der Waals surface area contributed by atoms with E-state index in [-0.39, 0.29) is 23.5 Å². The number of rotatable bonds is 6. The number of carbonyl (C=O) groups is 3. The second-order valence-corrected chi connectivity index (χ2v) is 8.46. The fourth-order valence-corrected chi connectivity index (χ4v) is 4.26. The molecule has 1 aromatic rings. The normalized spacial score (nSPS) is 18.3. The molecule has 9 heteroatoms. The van der Waals surface area contributed by atoms with Crippen molar-refractivity contribution in [3.05, 3.63) is 27.6 Å². The summed E-state index contributed by atoms with van der Waals surface area (Å²) in [6.45, 7) is 4.88. The van der Waals surface area contributed by atoms with E-state index in [1.54, 1.807) is 23.1 Å². The highest BCUT2D eigenvalue weighted by Gasteiger charge is 2.37. The van der Waals surface area contributed by atoms with Gasteiger partial charge in [0.2, 0.25) is 5.91 Å². The van der Waals surface area contributed by atoms with E-state index in [2.05, 4.69) is 0 Å². The zero-order chi connectivity index (χ0) is 21.1. The van der Waals surface area contributed by atoms with Gasteiger partial charge in [-0.2, -0.15) is 0 Å². The van der Waals surface area contributed by atoms with Crippen molar-refractivity contribution in [3.63, 3.8) is 0 Å². The summed E-state index contributed by atoms with van der Waals surface area (Å²) in [6, 6.07) is 3.33. The summed E-state index contributed by atoms with van der Waals surface area (Å²) in [5.41, 5.74) is 0.597. The average Bonchev–Trinajstić information content (AvgIpc) is 3.28. The molecular formula is C20H23ClN2O5S. The maximum absolute atomic E-state index is 12.7. The van der Waals surface area contributed by atoms with Crippen LogP contribution in [0.4, 0.5) is 4.79 Å². The molecular weight excluding hydrogens is 416 g/mol. The third kappa shape index (κ3) is 4.87. The van der Waals surface area contributed by atoms with Crippen LogP contribution in [0.1, 0.15) is 32.3 Å². The molecule has 0 aliphatic carbocycles. The number of imide groups is 1. The van der Waals surface area contributed by atoms with Gasteiger partial charge in [0.05, 0.1) is 23.1 Å². The summed E-state index contributed by atoms with van der Waals surface area (Å²) >= 11 is 7.13. The Hall–Kier alpha value is -2.19. The van der Waals surface area contributed by atoms with Crippen LogP contribution in [0, 0.1) is 0 Å². The van der Waals surface area contributed by atoms with Crippen molar-refractivity contribution in [2.24, 2.45) is 0 Å². The van der Waals surface area contributed by atoms with Gasteiger partial charge in [0.15, 0.2) is 11.5 Å². The van der Waals surface area contributed by atoms with Crippen molar-refractivity contribution in [2.75, 3.05) is 26.7 Å². The Kier molecular flexibility index (Phi) is 6.74. The zero-order valence-corrected chi connectivity index (χ0v) is 18.1. The first-order valence-corrected chi connectivity index (χ1v) is 10.6. The summed E-state index contributed by atoms with van der Waals surface area (Å²) in [5.74, 6) is 0.169. The highest BCUT2D eigenvalue weighted by Crippen LogP contribution is 2.39. The first kappa shape index (κ1) is 21.5. The summed E-state index contributed by atoms with van der Waals surface area (Å²) in [5, 5.41) is -0.112. The number of ether oxygens (including phenoxy) is 2. The molecule has 2 heterocycles. The molecule has 0 spiro atoms. The number of amides is 3. The quantitative estimate of drug-likeness (QED) is 0.629. The Balaban J connectivity index is 1.80. The van der Waals surface area contributed by atoms with Crippen LogP contribution in [0.25, 0.3) is 6.08 Å². The van der Waals surface area contributed by atoms with Crippen LogP contribution in [0.15, 0.2) is 17.0 Å². The van der Waals surface area contributed by atoms with Gasteiger partial charge in [0.1, 0.15) is 6.54 Å². The van der Waals surface area contributed by atoms with Gasteiger partial charge in [-0.15, -0.1) is 0 Å². The van der Waals surface area contributed by atoms with Gasteiger partial charge in [0, 0.05) is 13.1 Å². The number of methoxy groups -OCH3 is 1. The molecule has 0 saturated carbocycles. The second kappa shape index (κ2) is 9.09. The first-order chi connectivity index (χ1) is 13.8. The first-order valence-electron chi connectivity index (χ1n) is 9.37. The summed E-state index contributed by atoms with van der Waals surface area (Å²) in [7, 11) is 1.50. The third-order valence-corrected chi connectivity index (χ3v) is 5.72. The maximum Gasteiger partial charge on any atom is 0.294 e. The molecule has 3 rings (SSSR count). The molecule has 1 aromatic carbocycles. The van der Waals surface area contributed by atoms with E-state index in [4.69, 9.17) is 21.1 Å². The fourth-order valence-electron chi connectivity index (χ4n) is 3.16. The van der Waals surface area contributed by atoms with Gasteiger partial charge < -0.3 is 14.4 Å². The Labute approximate surface area is 178 Å². The minimum atomic E-state index is -0.481. The van der Waals surface area contributed by atoms with Crippen LogP contribution in [-0.2, 0) is 9.59 Å². The molecule has 2 aliphatic heterocycles. The molecule has 0 atom stereocenters. The lowest BCUT2D eigenvalue weighted by molar-refractivity contribution is -0.135. The second-order valence-electron chi connectivity index (χ2n) is 7.06. The fraction of sp³-hybridized carbons (Fsp3) is 0.450. The summed E-state index contributed by atoms with van der Waals surface area (Å²) < 4.78 is 11.0. The van der Waals surface area contributed by atoms with Gasteiger partial charge in [0.25, 0.3) is 11.1 Å². The van der Waals surface area contributed by atoms with Gasteiger partial charge in [-0.3, -0.25) is 19.3 Å². The number of hydrogen-bond donors (Lipinski definition) is 0. The lowest BCUT2D eigenvalue weighted by Crippen LogP contribution is -2.40. The van der Waals surface area contributed by atoms with E-state index >= 15 is 0 Å².